The Hall–Kier alpha value is -3.15. The molecule has 2 heterocycles. The monoisotopic (exact) mass is 419 g/mol. The van der Waals surface area contributed by atoms with Crippen LogP contribution < -0.4 is 5.32 Å². The fourth-order valence-corrected chi connectivity index (χ4v) is 4.97. The lowest BCUT2D eigenvalue weighted by molar-refractivity contribution is -0.114. The smallest absolute Gasteiger partial charge is 0.254 e. The number of carbonyl (C=O) groups excluding carboxylic acids is 3. The van der Waals surface area contributed by atoms with Crippen molar-refractivity contribution in [1.82, 2.24) is 9.80 Å². The summed E-state index contributed by atoms with van der Waals surface area (Å²) in [5, 5.41) is 2.81. The molecule has 2 aromatic carbocycles. The minimum Gasteiger partial charge on any atom is -0.339 e. The van der Waals surface area contributed by atoms with Crippen molar-refractivity contribution in [3.8, 4) is 0 Å². The third-order valence-corrected chi connectivity index (χ3v) is 6.63. The van der Waals surface area contributed by atoms with Crippen molar-refractivity contribution < 1.29 is 14.4 Å². The molecule has 2 saturated heterocycles. The summed E-state index contributed by atoms with van der Waals surface area (Å²) < 4.78 is 0. The van der Waals surface area contributed by atoms with E-state index in [4.69, 9.17) is 0 Å². The SMILES string of the molecule is CC(=O)Nc1cc(C(=O)N2[C@H]3CC[C@H]2CC(N(C)C(=O)c2ccccc2)C3)ccc1C. The molecule has 6 nitrogen and oxygen atoms in total. The van der Waals surface area contributed by atoms with E-state index in [1.807, 2.05) is 66.2 Å². The molecule has 3 amide bonds. The summed E-state index contributed by atoms with van der Waals surface area (Å²) >= 11 is 0. The van der Waals surface area contributed by atoms with Crippen molar-refractivity contribution >= 4 is 23.4 Å². The van der Waals surface area contributed by atoms with Crippen LogP contribution in [0.4, 0.5) is 5.69 Å². The van der Waals surface area contributed by atoms with Gasteiger partial charge < -0.3 is 15.1 Å². The third kappa shape index (κ3) is 4.20. The van der Waals surface area contributed by atoms with Crippen molar-refractivity contribution in [2.24, 2.45) is 0 Å². The number of nitrogens with zero attached hydrogens (tertiary/aromatic N) is 2. The van der Waals surface area contributed by atoms with E-state index in [1.165, 1.54) is 6.92 Å². The number of rotatable bonds is 4. The van der Waals surface area contributed by atoms with Crippen LogP contribution in [0.15, 0.2) is 48.5 Å². The average molecular weight is 420 g/mol. The molecule has 162 valence electrons. The number of aryl methyl sites for hydroxylation is 1. The Morgan fingerprint density at radius 2 is 1.61 bits per heavy atom. The van der Waals surface area contributed by atoms with E-state index in [0.717, 1.165) is 31.2 Å². The standard InChI is InChI=1S/C25H29N3O3/c1-16-9-10-19(13-23(16)26-17(2)29)25(31)28-20-11-12-21(28)15-22(14-20)27(3)24(30)18-7-5-4-6-8-18/h4-10,13,20-22H,11-12,14-15H2,1-3H3,(H,26,29)/t20-,21-/m0/s1. The zero-order valence-electron chi connectivity index (χ0n) is 18.3. The topological polar surface area (TPSA) is 69.7 Å². The zero-order chi connectivity index (χ0) is 22.1. The van der Waals surface area contributed by atoms with Gasteiger partial charge in [-0.2, -0.15) is 0 Å². The number of hydrogen-bond acceptors (Lipinski definition) is 3. The maximum atomic E-state index is 13.4. The molecular weight excluding hydrogens is 390 g/mol. The maximum Gasteiger partial charge on any atom is 0.254 e. The minimum absolute atomic E-state index is 0.00888. The van der Waals surface area contributed by atoms with Crippen molar-refractivity contribution in [2.75, 3.05) is 12.4 Å². The number of hydrogen-bond donors (Lipinski definition) is 1. The summed E-state index contributed by atoms with van der Waals surface area (Å²) in [5.41, 5.74) is 2.89. The van der Waals surface area contributed by atoms with Crippen LogP contribution in [0, 0.1) is 6.92 Å². The van der Waals surface area contributed by atoms with E-state index in [-0.39, 0.29) is 35.8 Å². The number of carbonyl (C=O) groups is 3. The molecule has 6 heteroatoms. The van der Waals surface area contributed by atoms with Gasteiger partial charge in [0.1, 0.15) is 0 Å². The molecule has 2 atom stereocenters. The largest absolute Gasteiger partial charge is 0.339 e. The highest BCUT2D eigenvalue weighted by molar-refractivity contribution is 5.98. The van der Waals surface area contributed by atoms with Gasteiger partial charge in [0.2, 0.25) is 5.91 Å². The predicted octanol–water partition coefficient (Wildman–Crippen LogP) is 3.86. The first-order valence-corrected chi connectivity index (χ1v) is 10.9. The lowest BCUT2D eigenvalue weighted by atomic mass is 9.94. The molecule has 4 rings (SSSR count). The van der Waals surface area contributed by atoms with Crippen LogP contribution >= 0.6 is 0 Å². The predicted molar refractivity (Wildman–Crippen MR) is 120 cm³/mol. The van der Waals surface area contributed by atoms with Gasteiger partial charge in [0, 0.05) is 48.9 Å². The fourth-order valence-electron chi connectivity index (χ4n) is 4.97. The lowest BCUT2D eigenvalue weighted by Crippen LogP contribution is -2.52. The highest BCUT2D eigenvalue weighted by atomic mass is 16.2. The van der Waals surface area contributed by atoms with Gasteiger partial charge in [0.25, 0.3) is 11.8 Å². The number of benzene rings is 2. The van der Waals surface area contributed by atoms with Gasteiger partial charge in [0.05, 0.1) is 0 Å². The summed E-state index contributed by atoms with van der Waals surface area (Å²) in [6, 6.07) is 15.2. The summed E-state index contributed by atoms with van der Waals surface area (Å²) in [6.45, 7) is 3.38. The molecule has 2 aliphatic rings. The molecule has 0 aliphatic carbocycles. The van der Waals surface area contributed by atoms with Crippen molar-refractivity contribution in [1.29, 1.82) is 0 Å². The molecule has 2 aromatic rings. The molecule has 0 spiro atoms. The molecule has 0 saturated carbocycles. The first-order chi connectivity index (χ1) is 14.8. The average Bonchev–Trinajstić information content (AvgIpc) is 3.03. The van der Waals surface area contributed by atoms with E-state index in [2.05, 4.69) is 5.32 Å². The van der Waals surface area contributed by atoms with Crippen molar-refractivity contribution in [3.63, 3.8) is 0 Å². The molecule has 1 N–H and O–H groups in total. The summed E-state index contributed by atoms with van der Waals surface area (Å²) in [5.74, 6) is -0.113. The Morgan fingerprint density at radius 3 is 2.23 bits per heavy atom. The van der Waals surface area contributed by atoms with Crippen LogP contribution in [0.1, 0.15) is 58.9 Å². The third-order valence-electron chi connectivity index (χ3n) is 6.63. The Labute approximate surface area is 183 Å². The quantitative estimate of drug-likeness (QED) is 0.818. The second-order valence-corrected chi connectivity index (χ2v) is 8.72. The van der Waals surface area contributed by atoms with Gasteiger partial charge in [-0.05, 0) is 62.4 Å². The Balaban J connectivity index is 1.49. The van der Waals surface area contributed by atoms with Crippen molar-refractivity contribution in [2.45, 2.75) is 57.7 Å². The molecule has 31 heavy (non-hydrogen) atoms. The molecule has 2 fully saturated rings. The van der Waals surface area contributed by atoms with E-state index in [9.17, 15) is 14.4 Å². The maximum absolute atomic E-state index is 13.4. The summed E-state index contributed by atoms with van der Waals surface area (Å²) in [4.78, 5) is 41.6. The van der Waals surface area contributed by atoms with Gasteiger partial charge in [-0.1, -0.05) is 24.3 Å². The number of anilines is 1. The molecule has 2 aliphatic heterocycles. The lowest BCUT2D eigenvalue weighted by Gasteiger charge is -2.42. The van der Waals surface area contributed by atoms with Crippen molar-refractivity contribution in [3.05, 3.63) is 65.2 Å². The van der Waals surface area contributed by atoms with Crippen LogP contribution in [-0.2, 0) is 4.79 Å². The molecular formula is C25H29N3O3. The first-order valence-electron chi connectivity index (χ1n) is 10.9. The minimum atomic E-state index is -0.153. The Bertz CT molecular complexity index is 990. The second kappa shape index (κ2) is 8.53. The van der Waals surface area contributed by atoms with E-state index in [0.29, 0.717) is 16.8 Å². The molecule has 2 bridgehead atoms. The normalized spacial score (nSPS) is 22.2. The highest BCUT2D eigenvalue weighted by Crippen LogP contribution is 2.39. The van der Waals surface area contributed by atoms with Crippen LogP contribution in [0.3, 0.4) is 0 Å². The van der Waals surface area contributed by atoms with E-state index < -0.39 is 0 Å². The van der Waals surface area contributed by atoms with E-state index in [1.54, 1.807) is 6.07 Å². The highest BCUT2D eigenvalue weighted by Gasteiger charge is 2.45. The fraction of sp³-hybridized carbons (Fsp3) is 0.400. The summed E-state index contributed by atoms with van der Waals surface area (Å²) in [7, 11) is 1.87. The number of amides is 3. The van der Waals surface area contributed by atoms with Crippen LogP contribution in [0.25, 0.3) is 0 Å². The number of nitrogens with one attached hydrogen (secondary N) is 1. The second-order valence-electron chi connectivity index (χ2n) is 8.72. The van der Waals surface area contributed by atoms with Crippen LogP contribution in [0.5, 0.6) is 0 Å². The zero-order valence-corrected chi connectivity index (χ0v) is 18.3. The van der Waals surface area contributed by atoms with Gasteiger partial charge in [0.15, 0.2) is 0 Å². The van der Waals surface area contributed by atoms with Gasteiger partial charge in [-0.25, -0.2) is 0 Å². The van der Waals surface area contributed by atoms with E-state index >= 15 is 0 Å². The van der Waals surface area contributed by atoms with Crippen LogP contribution in [-0.4, -0.2) is 52.7 Å². The van der Waals surface area contributed by atoms with Gasteiger partial charge in [-0.3, -0.25) is 14.4 Å². The molecule has 0 aromatic heterocycles. The first kappa shape index (κ1) is 21.1. The van der Waals surface area contributed by atoms with Gasteiger partial charge >= 0.3 is 0 Å². The Morgan fingerprint density at radius 1 is 0.968 bits per heavy atom. The Kier molecular flexibility index (Phi) is 5.81. The van der Waals surface area contributed by atoms with Crippen LogP contribution in [0.2, 0.25) is 0 Å². The van der Waals surface area contributed by atoms with Gasteiger partial charge in [-0.15, -0.1) is 0 Å². The molecule has 0 radical (unpaired) electrons. The number of piperidine rings is 1. The summed E-state index contributed by atoms with van der Waals surface area (Å²) in [6.07, 6.45) is 3.51. The number of fused-ring (bicyclic) bond motifs is 2. The molecule has 0 unspecified atom stereocenters.